The molecule has 0 aliphatic carbocycles. The van der Waals surface area contributed by atoms with Crippen molar-refractivity contribution in [1.29, 1.82) is 0 Å². The number of fused-ring (bicyclic) bond motifs is 1. The summed E-state index contributed by atoms with van der Waals surface area (Å²) in [5, 5.41) is 7.31. The summed E-state index contributed by atoms with van der Waals surface area (Å²) in [6.45, 7) is 0. The van der Waals surface area contributed by atoms with Crippen molar-refractivity contribution >= 4 is 40.5 Å². The number of thiophene rings is 1. The SMILES string of the molecule is COC(=O)c1sccc1NC(=O)CCC1Cc2ccccc2NC1=O. The van der Waals surface area contributed by atoms with Crippen molar-refractivity contribution in [2.75, 3.05) is 17.7 Å². The molecule has 0 fully saturated rings. The molecule has 0 saturated carbocycles. The number of anilines is 2. The van der Waals surface area contributed by atoms with Crippen molar-refractivity contribution in [1.82, 2.24) is 0 Å². The molecular formula is C18H18N2O4S. The maximum Gasteiger partial charge on any atom is 0.350 e. The number of benzene rings is 1. The van der Waals surface area contributed by atoms with Crippen LogP contribution in [0.3, 0.4) is 0 Å². The third kappa shape index (κ3) is 3.88. The van der Waals surface area contributed by atoms with Gasteiger partial charge in [0.25, 0.3) is 0 Å². The highest BCUT2D eigenvalue weighted by Gasteiger charge is 2.26. The number of hydrogen-bond acceptors (Lipinski definition) is 5. The molecule has 130 valence electrons. The lowest BCUT2D eigenvalue weighted by Gasteiger charge is -2.24. The number of amides is 2. The van der Waals surface area contributed by atoms with E-state index in [1.807, 2.05) is 24.3 Å². The summed E-state index contributed by atoms with van der Waals surface area (Å²) in [5.74, 6) is -0.996. The van der Waals surface area contributed by atoms with Crippen molar-refractivity contribution < 1.29 is 19.1 Å². The summed E-state index contributed by atoms with van der Waals surface area (Å²) in [7, 11) is 1.30. The molecule has 3 rings (SSSR count). The number of ether oxygens (including phenoxy) is 1. The van der Waals surface area contributed by atoms with Crippen LogP contribution >= 0.6 is 11.3 Å². The fraction of sp³-hybridized carbons (Fsp3) is 0.278. The number of rotatable bonds is 5. The number of esters is 1. The second kappa shape index (κ2) is 7.48. The van der Waals surface area contributed by atoms with Gasteiger partial charge in [0.2, 0.25) is 11.8 Å². The second-order valence-electron chi connectivity index (χ2n) is 5.79. The van der Waals surface area contributed by atoms with Crippen LogP contribution in [0, 0.1) is 5.92 Å². The van der Waals surface area contributed by atoms with Gasteiger partial charge in [0.15, 0.2) is 0 Å². The molecule has 0 spiro atoms. The maximum absolute atomic E-state index is 12.2. The Balaban J connectivity index is 1.57. The average molecular weight is 358 g/mol. The predicted molar refractivity (Wildman–Crippen MR) is 95.8 cm³/mol. The Morgan fingerprint density at radius 3 is 2.92 bits per heavy atom. The molecular weight excluding hydrogens is 340 g/mol. The number of para-hydroxylation sites is 1. The average Bonchev–Trinajstić information content (AvgIpc) is 3.07. The van der Waals surface area contributed by atoms with Gasteiger partial charge in [-0.1, -0.05) is 18.2 Å². The van der Waals surface area contributed by atoms with Gasteiger partial charge >= 0.3 is 5.97 Å². The van der Waals surface area contributed by atoms with E-state index in [1.165, 1.54) is 18.4 Å². The zero-order valence-electron chi connectivity index (χ0n) is 13.7. The Labute approximate surface area is 149 Å². The topological polar surface area (TPSA) is 84.5 Å². The Morgan fingerprint density at radius 2 is 2.12 bits per heavy atom. The molecule has 2 heterocycles. The highest BCUT2D eigenvalue weighted by molar-refractivity contribution is 7.12. The van der Waals surface area contributed by atoms with Gasteiger partial charge in [0.05, 0.1) is 12.8 Å². The maximum atomic E-state index is 12.2. The van der Waals surface area contributed by atoms with Crippen molar-refractivity contribution in [3.63, 3.8) is 0 Å². The highest BCUT2D eigenvalue weighted by Crippen LogP contribution is 2.28. The van der Waals surface area contributed by atoms with Crippen LogP contribution in [-0.2, 0) is 20.7 Å². The van der Waals surface area contributed by atoms with Crippen LogP contribution in [0.15, 0.2) is 35.7 Å². The molecule has 1 aromatic carbocycles. The van der Waals surface area contributed by atoms with Crippen molar-refractivity contribution in [2.45, 2.75) is 19.3 Å². The summed E-state index contributed by atoms with van der Waals surface area (Å²) in [5.41, 5.74) is 2.37. The number of nitrogens with one attached hydrogen (secondary N) is 2. The van der Waals surface area contributed by atoms with Gasteiger partial charge in [0, 0.05) is 18.0 Å². The van der Waals surface area contributed by atoms with E-state index in [1.54, 1.807) is 11.4 Å². The quantitative estimate of drug-likeness (QED) is 0.805. The van der Waals surface area contributed by atoms with Gasteiger partial charge in [-0.3, -0.25) is 9.59 Å². The van der Waals surface area contributed by atoms with E-state index >= 15 is 0 Å². The zero-order chi connectivity index (χ0) is 17.8. The van der Waals surface area contributed by atoms with Gasteiger partial charge in [-0.05, 0) is 35.9 Å². The summed E-state index contributed by atoms with van der Waals surface area (Å²) in [4.78, 5) is 36.3. The first-order valence-electron chi connectivity index (χ1n) is 7.93. The molecule has 0 saturated heterocycles. The molecule has 0 radical (unpaired) electrons. The van der Waals surface area contributed by atoms with E-state index in [9.17, 15) is 14.4 Å². The summed E-state index contributed by atoms with van der Waals surface area (Å²) >= 11 is 1.21. The van der Waals surface area contributed by atoms with E-state index in [4.69, 9.17) is 0 Å². The normalized spacial score (nSPS) is 15.9. The number of carbonyl (C=O) groups is 3. The standard InChI is InChI=1S/C18H18N2O4S/c1-24-18(23)16-14(8-9-25-16)19-15(21)7-6-12-10-11-4-2-3-5-13(11)20-17(12)22/h2-5,8-9,12H,6-7,10H2,1H3,(H,19,21)(H,20,22). The second-order valence-corrected chi connectivity index (χ2v) is 6.71. The van der Waals surface area contributed by atoms with Crippen LogP contribution in [0.5, 0.6) is 0 Å². The minimum Gasteiger partial charge on any atom is -0.465 e. The highest BCUT2D eigenvalue weighted by atomic mass is 32.1. The molecule has 1 unspecified atom stereocenters. The van der Waals surface area contributed by atoms with Crippen LogP contribution < -0.4 is 10.6 Å². The number of hydrogen-bond donors (Lipinski definition) is 2. The van der Waals surface area contributed by atoms with Crippen LogP contribution in [0.4, 0.5) is 11.4 Å². The van der Waals surface area contributed by atoms with Crippen molar-refractivity contribution in [3.05, 3.63) is 46.2 Å². The predicted octanol–water partition coefficient (Wildman–Crippen LogP) is 3.06. The molecule has 1 aliphatic rings. The molecule has 2 N–H and O–H groups in total. The summed E-state index contributed by atoms with van der Waals surface area (Å²) in [6.07, 6.45) is 1.28. The zero-order valence-corrected chi connectivity index (χ0v) is 14.5. The molecule has 1 aliphatic heterocycles. The molecule has 1 atom stereocenters. The third-order valence-corrected chi connectivity index (χ3v) is 5.04. The Kier molecular flexibility index (Phi) is 5.14. The van der Waals surface area contributed by atoms with E-state index in [-0.39, 0.29) is 24.2 Å². The van der Waals surface area contributed by atoms with Crippen LogP contribution in [0.25, 0.3) is 0 Å². The number of carbonyl (C=O) groups excluding carboxylic acids is 3. The molecule has 1 aromatic heterocycles. The molecule has 7 heteroatoms. The van der Waals surface area contributed by atoms with Gasteiger partial charge in [-0.2, -0.15) is 0 Å². The molecule has 0 bridgehead atoms. The van der Waals surface area contributed by atoms with Gasteiger partial charge < -0.3 is 15.4 Å². The van der Waals surface area contributed by atoms with E-state index in [0.29, 0.717) is 23.4 Å². The molecule has 6 nitrogen and oxygen atoms in total. The van der Waals surface area contributed by atoms with Crippen LogP contribution in [-0.4, -0.2) is 24.9 Å². The Morgan fingerprint density at radius 1 is 1.32 bits per heavy atom. The van der Waals surface area contributed by atoms with Crippen LogP contribution in [0.1, 0.15) is 28.1 Å². The largest absolute Gasteiger partial charge is 0.465 e. The van der Waals surface area contributed by atoms with E-state index < -0.39 is 5.97 Å². The van der Waals surface area contributed by atoms with Crippen molar-refractivity contribution in [2.24, 2.45) is 5.92 Å². The fourth-order valence-corrected chi connectivity index (χ4v) is 3.59. The molecule has 25 heavy (non-hydrogen) atoms. The minimum atomic E-state index is -0.478. The van der Waals surface area contributed by atoms with Gasteiger partial charge in [-0.25, -0.2) is 4.79 Å². The van der Waals surface area contributed by atoms with E-state index in [0.717, 1.165) is 11.3 Å². The smallest absolute Gasteiger partial charge is 0.350 e. The van der Waals surface area contributed by atoms with E-state index in [2.05, 4.69) is 15.4 Å². The first-order valence-corrected chi connectivity index (χ1v) is 8.81. The van der Waals surface area contributed by atoms with Crippen molar-refractivity contribution in [3.8, 4) is 0 Å². The first kappa shape index (κ1) is 17.2. The molecule has 2 amide bonds. The monoisotopic (exact) mass is 358 g/mol. The summed E-state index contributed by atoms with van der Waals surface area (Å²) in [6, 6.07) is 9.34. The van der Waals surface area contributed by atoms with Gasteiger partial charge in [-0.15, -0.1) is 11.3 Å². The minimum absolute atomic E-state index is 0.0581. The van der Waals surface area contributed by atoms with Crippen LogP contribution in [0.2, 0.25) is 0 Å². The fourth-order valence-electron chi connectivity index (χ4n) is 2.82. The third-order valence-electron chi connectivity index (χ3n) is 4.14. The lowest BCUT2D eigenvalue weighted by atomic mass is 9.89. The lowest BCUT2D eigenvalue weighted by molar-refractivity contribution is -0.121. The summed E-state index contributed by atoms with van der Waals surface area (Å²) < 4.78 is 4.69. The Hall–Kier alpha value is -2.67. The number of methoxy groups -OCH3 is 1. The molecule has 2 aromatic rings. The first-order chi connectivity index (χ1) is 12.1. The lowest BCUT2D eigenvalue weighted by Crippen LogP contribution is -2.30. The Bertz CT molecular complexity index is 815. The van der Waals surface area contributed by atoms with Gasteiger partial charge in [0.1, 0.15) is 4.88 Å².